The van der Waals surface area contributed by atoms with Crippen LogP contribution in [-0.4, -0.2) is 34.7 Å². The zero-order valence-electron chi connectivity index (χ0n) is 10.1. The van der Waals surface area contributed by atoms with E-state index in [0.717, 1.165) is 37.6 Å². The molecule has 0 amide bonds. The molecule has 3 rings (SSSR count). The first-order chi connectivity index (χ1) is 8.85. The van der Waals surface area contributed by atoms with Crippen molar-refractivity contribution in [3.63, 3.8) is 0 Å². The van der Waals surface area contributed by atoms with E-state index in [0.29, 0.717) is 11.8 Å². The van der Waals surface area contributed by atoms with Crippen LogP contribution in [0.3, 0.4) is 0 Å². The van der Waals surface area contributed by atoms with Crippen molar-refractivity contribution in [1.29, 1.82) is 0 Å². The van der Waals surface area contributed by atoms with Crippen LogP contribution in [0.5, 0.6) is 0 Å². The minimum Gasteiger partial charge on any atom is -0.334 e. The molecule has 1 aliphatic rings. The molecule has 1 unspecified atom stereocenters. The van der Waals surface area contributed by atoms with Crippen molar-refractivity contribution < 1.29 is 4.52 Å². The maximum Gasteiger partial charge on any atom is 0.258 e. The van der Waals surface area contributed by atoms with Gasteiger partial charge in [0.05, 0.1) is 12.1 Å². The molecule has 1 fully saturated rings. The third kappa shape index (κ3) is 2.45. The minimum atomic E-state index is 0.612. The molecular weight excluding hydrogens is 248 g/mol. The van der Waals surface area contributed by atoms with Gasteiger partial charge in [-0.1, -0.05) is 5.16 Å². The van der Waals surface area contributed by atoms with E-state index in [4.69, 9.17) is 10.3 Å². The molecule has 0 aromatic carbocycles. The summed E-state index contributed by atoms with van der Waals surface area (Å²) < 4.78 is 5.27. The fourth-order valence-electron chi connectivity index (χ4n) is 2.27. The lowest BCUT2D eigenvalue weighted by molar-refractivity contribution is 0.301. The Balaban J connectivity index is 1.64. The first-order valence-electron chi connectivity index (χ1n) is 6.12. The first-order valence-corrected chi connectivity index (χ1v) is 7.07. The summed E-state index contributed by atoms with van der Waals surface area (Å²) in [6.07, 6.45) is 1.17. The van der Waals surface area contributed by atoms with Crippen LogP contribution in [0, 0.1) is 5.92 Å². The summed E-state index contributed by atoms with van der Waals surface area (Å²) in [6.45, 7) is 3.63. The van der Waals surface area contributed by atoms with Gasteiger partial charge in [-0.05, 0) is 36.9 Å². The molecule has 96 valence electrons. The van der Waals surface area contributed by atoms with E-state index in [2.05, 4.69) is 15.0 Å². The summed E-state index contributed by atoms with van der Waals surface area (Å²) in [4.78, 5) is 6.76. The summed E-state index contributed by atoms with van der Waals surface area (Å²) in [7, 11) is 0. The molecule has 1 atom stereocenters. The van der Waals surface area contributed by atoms with Gasteiger partial charge in [0.25, 0.3) is 5.89 Å². The van der Waals surface area contributed by atoms with E-state index < -0.39 is 0 Å². The van der Waals surface area contributed by atoms with Crippen molar-refractivity contribution >= 4 is 11.3 Å². The summed E-state index contributed by atoms with van der Waals surface area (Å²) in [5.41, 5.74) is 6.68. The topological polar surface area (TPSA) is 68.2 Å². The van der Waals surface area contributed by atoms with E-state index in [1.807, 2.05) is 16.8 Å². The second kappa shape index (κ2) is 5.17. The summed E-state index contributed by atoms with van der Waals surface area (Å²) in [5.74, 6) is 1.99. The second-order valence-corrected chi connectivity index (χ2v) is 5.43. The molecule has 0 radical (unpaired) electrons. The predicted octanol–water partition coefficient (Wildman–Crippen LogP) is 1.58. The molecular formula is C12H16N4OS. The fourth-order valence-corrected chi connectivity index (χ4v) is 2.90. The third-order valence-electron chi connectivity index (χ3n) is 3.30. The highest BCUT2D eigenvalue weighted by atomic mass is 32.1. The standard InChI is InChI=1S/C12H16N4OS/c13-5-9-1-3-16(6-9)7-11-14-12(17-15-11)10-2-4-18-8-10/h2,4,8-9H,1,3,5-7,13H2. The van der Waals surface area contributed by atoms with Crippen molar-refractivity contribution in [3.8, 4) is 11.5 Å². The van der Waals surface area contributed by atoms with Gasteiger partial charge in [0.2, 0.25) is 0 Å². The average Bonchev–Trinajstić information content (AvgIpc) is 3.10. The van der Waals surface area contributed by atoms with Crippen LogP contribution in [0.1, 0.15) is 12.2 Å². The summed E-state index contributed by atoms with van der Waals surface area (Å²) in [6, 6.07) is 1.99. The zero-order valence-corrected chi connectivity index (χ0v) is 10.9. The molecule has 0 spiro atoms. The van der Waals surface area contributed by atoms with Gasteiger partial charge in [0.1, 0.15) is 0 Å². The number of likely N-dealkylation sites (tertiary alicyclic amines) is 1. The molecule has 0 aliphatic carbocycles. The van der Waals surface area contributed by atoms with Gasteiger partial charge in [-0.2, -0.15) is 16.3 Å². The number of hydrogen-bond acceptors (Lipinski definition) is 6. The third-order valence-corrected chi connectivity index (χ3v) is 3.99. The fraction of sp³-hybridized carbons (Fsp3) is 0.500. The summed E-state index contributed by atoms with van der Waals surface area (Å²) in [5, 5.41) is 8.05. The van der Waals surface area contributed by atoms with Crippen molar-refractivity contribution in [2.24, 2.45) is 11.7 Å². The average molecular weight is 264 g/mol. The smallest absolute Gasteiger partial charge is 0.258 e. The Labute approximate surface area is 110 Å². The normalized spacial score (nSPS) is 20.6. The Morgan fingerprint density at radius 2 is 2.50 bits per heavy atom. The van der Waals surface area contributed by atoms with Crippen LogP contribution in [-0.2, 0) is 6.54 Å². The van der Waals surface area contributed by atoms with Crippen LogP contribution >= 0.6 is 11.3 Å². The van der Waals surface area contributed by atoms with Gasteiger partial charge in [-0.25, -0.2) is 0 Å². The quantitative estimate of drug-likeness (QED) is 0.908. The van der Waals surface area contributed by atoms with Gasteiger partial charge in [-0.15, -0.1) is 0 Å². The molecule has 0 saturated carbocycles. The van der Waals surface area contributed by atoms with Crippen LogP contribution in [0.4, 0.5) is 0 Å². The Bertz CT molecular complexity index is 496. The Morgan fingerprint density at radius 1 is 1.56 bits per heavy atom. The lowest BCUT2D eigenvalue weighted by atomic mass is 10.1. The Kier molecular flexibility index (Phi) is 3.40. The molecule has 5 nitrogen and oxygen atoms in total. The van der Waals surface area contributed by atoms with Gasteiger partial charge < -0.3 is 10.3 Å². The second-order valence-electron chi connectivity index (χ2n) is 4.65. The lowest BCUT2D eigenvalue weighted by Crippen LogP contribution is -2.23. The molecule has 2 aromatic heterocycles. The number of nitrogens with zero attached hydrogens (tertiary/aromatic N) is 3. The first kappa shape index (κ1) is 11.8. The maximum absolute atomic E-state index is 5.68. The largest absolute Gasteiger partial charge is 0.334 e. The summed E-state index contributed by atoms with van der Waals surface area (Å²) >= 11 is 1.63. The van der Waals surface area contributed by atoms with Crippen molar-refractivity contribution in [2.75, 3.05) is 19.6 Å². The zero-order chi connectivity index (χ0) is 12.4. The number of aromatic nitrogens is 2. The molecule has 6 heteroatoms. The highest BCUT2D eigenvalue weighted by Gasteiger charge is 2.22. The molecule has 2 aromatic rings. The van der Waals surface area contributed by atoms with Gasteiger partial charge in [0, 0.05) is 11.9 Å². The van der Waals surface area contributed by atoms with Crippen LogP contribution in [0.15, 0.2) is 21.3 Å². The number of nitrogens with two attached hydrogens (primary N) is 1. The molecule has 2 N–H and O–H groups in total. The Morgan fingerprint density at radius 3 is 3.22 bits per heavy atom. The minimum absolute atomic E-state index is 0.612. The predicted molar refractivity (Wildman–Crippen MR) is 70.0 cm³/mol. The highest BCUT2D eigenvalue weighted by Crippen LogP contribution is 2.21. The number of hydrogen-bond donors (Lipinski definition) is 1. The molecule has 0 bridgehead atoms. The lowest BCUT2D eigenvalue weighted by Gasteiger charge is -2.12. The van der Waals surface area contributed by atoms with E-state index in [-0.39, 0.29) is 0 Å². The van der Waals surface area contributed by atoms with E-state index in [1.54, 1.807) is 11.3 Å². The number of rotatable bonds is 4. The Hall–Kier alpha value is -1.24. The van der Waals surface area contributed by atoms with Gasteiger partial charge >= 0.3 is 0 Å². The van der Waals surface area contributed by atoms with Crippen LogP contribution in [0.25, 0.3) is 11.5 Å². The van der Waals surface area contributed by atoms with Crippen LogP contribution < -0.4 is 5.73 Å². The maximum atomic E-state index is 5.68. The molecule has 1 aliphatic heterocycles. The molecule has 3 heterocycles. The van der Waals surface area contributed by atoms with Gasteiger partial charge in [-0.3, -0.25) is 4.90 Å². The highest BCUT2D eigenvalue weighted by molar-refractivity contribution is 7.08. The van der Waals surface area contributed by atoms with E-state index in [1.165, 1.54) is 6.42 Å². The van der Waals surface area contributed by atoms with Crippen molar-refractivity contribution in [2.45, 2.75) is 13.0 Å². The van der Waals surface area contributed by atoms with E-state index >= 15 is 0 Å². The van der Waals surface area contributed by atoms with Crippen molar-refractivity contribution in [3.05, 3.63) is 22.7 Å². The molecule has 18 heavy (non-hydrogen) atoms. The van der Waals surface area contributed by atoms with Crippen molar-refractivity contribution in [1.82, 2.24) is 15.0 Å². The monoisotopic (exact) mass is 264 g/mol. The SMILES string of the molecule is NCC1CCN(Cc2noc(-c3ccsc3)n2)C1. The van der Waals surface area contributed by atoms with Gasteiger partial charge in [0.15, 0.2) is 5.82 Å². The number of thiophene rings is 1. The van der Waals surface area contributed by atoms with Crippen LogP contribution in [0.2, 0.25) is 0 Å². The van der Waals surface area contributed by atoms with E-state index in [9.17, 15) is 0 Å². The molecule has 1 saturated heterocycles.